The van der Waals surface area contributed by atoms with Gasteiger partial charge in [-0.05, 0) is 32.6 Å². The molecule has 4 heterocycles. The van der Waals surface area contributed by atoms with E-state index >= 15 is 0 Å². The van der Waals surface area contributed by atoms with E-state index in [9.17, 15) is 4.79 Å². The van der Waals surface area contributed by atoms with Gasteiger partial charge in [-0.1, -0.05) is 5.16 Å². The van der Waals surface area contributed by atoms with Crippen molar-refractivity contribution in [2.24, 2.45) is 5.92 Å². The van der Waals surface area contributed by atoms with E-state index in [1.54, 1.807) is 24.8 Å². The molecule has 0 aliphatic carbocycles. The fourth-order valence-electron chi connectivity index (χ4n) is 3.51. The Kier molecular flexibility index (Phi) is 4.62. The van der Waals surface area contributed by atoms with Gasteiger partial charge in [0.25, 0.3) is 5.91 Å². The molecule has 1 atom stereocenters. The number of rotatable bonds is 4. The van der Waals surface area contributed by atoms with Crippen molar-refractivity contribution in [3.63, 3.8) is 0 Å². The molecule has 1 saturated heterocycles. The Labute approximate surface area is 156 Å². The Hall–Kier alpha value is -3.16. The zero-order chi connectivity index (χ0) is 18.8. The van der Waals surface area contributed by atoms with Crippen molar-refractivity contribution in [3.8, 4) is 11.3 Å². The third kappa shape index (κ3) is 3.55. The quantitative estimate of drug-likeness (QED) is 0.700. The van der Waals surface area contributed by atoms with E-state index in [4.69, 9.17) is 4.52 Å². The molecule has 8 nitrogen and oxygen atoms in total. The highest BCUT2D eigenvalue weighted by molar-refractivity contribution is 5.93. The molecular weight excluding hydrogens is 344 g/mol. The maximum Gasteiger partial charge on any atom is 0.256 e. The van der Waals surface area contributed by atoms with Gasteiger partial charge >= 0.3 is 0 Å². The van der Waals surface area contributed by atoms with Crippen LogP contribution in [0, 0.1) is 19.8 Å². The number of aryl methyl sites for hydroxylation is 2. The summed E-state index contributed by atoms with van der Waals surface area (Å²) in [6, 6.07) is 0. The topological polar surface area (TPSA) is 97.9 Å². The summed E-state index contributed by atoms with van der Waals surface area (Å²) in [4.78, 5) is 31.3. The van der Waals surface area contributed by atoms with Crippen molar-refractivity contribution in [2.75, 3.05) is 13.1 Å². The lowest BCUT2D eigenvalue weighted by atomic mass is 10.0. The maximum atomic E-state index is 12.5. The fourth-order valence-corrected chi connectivity index (χ4v) is 3.51. The maximum absolute atomic E-state index is 12.5. The molecule has 3 aromatic heterocycles. The van der Waals surface area contributed by atoms with Crippen LogP contribution >= 0.6 is 0 Å². The minimum Gasteiger partial charge on any atom is -0.361 e. The molecular formula is C19H20N6O2. The fraction of sp³-hybridized carbons (Fsp3) is 0.368. The van der Waals surface area contributed by atoms with Crippen LogP contribution in [0.25, 0.3) is 11.3 Å². The van der Waals surface area contributed by atoms with Crippen LogP contribution in [-0.2, 0) is 6.42 Å². The predicted molar refractivity (Wildman–Crippen MR) is 96.7 cm³/mol. The van der Waals surface area contributed by atoms with Crippen LogP contribution in [0.4, 0.5) is 0 Å². The van der Waals surface area contributed by atoms with Gasteiger partial charge in [0.1, 0.15) is 12.1 Å². The van der Waals surface area contributed by atoms with Crippen LogP contribution in [0.2, 0.25) is 0 Å². The summed E-state index contributed by atoms with van der Waals surface area (Å²) in [6.45, 7) is 5.21. The predicted octanol–water partition coefficient (Wildman–Crippen LogP) is 2.24. The smallest absolute Gasteiger partial charge is 0.256 e. The molecule has 1 amide bonds. The van der Waals surface area contributed by atoms with Crippen molar-refractivity contribution in [1.29, 1.82) is 0 Å². The van der Waals surface area contributed by atoms with Crippen LogP contribution in [0.5, 0.6) is 0 Å². The summed E-state index contributed by atoms with van der Waals surface area (Å²) in [7, 11) is 0. The van der Waals surface area contributed by atoms with Crippen LogP contribution in [0.1, 0.15) is 33.9 Å². The molecule has 0 aromatic carbocycles. The van der Waals surface area contributed by atoms with Gasteiger partial charge in [0, 0.05) is 31.7 Å². The molecule has 1 fully saturated rings. The molecule has 1 aliphatic heterocycles. The number of hydrogen-bond acceptors (Lipinski definition) is 7. The van der Waals surface area contributed by atoms with Gasteiger partial charge in [0.05, 0.1) is 34.4 Å². The summed E-state index contributed by atoms with van der Waals surface area (Å²) < 4.78 is 5.19. The van der Waals surface area contributed by atoms with Crippen molar-refractivity contribution >= 4 is 5.91 Å². The number of nitrogens with zero attached hydrogens (tertiary/aromatic N) is 6. The second-order valence-electron chi connectivity index (χ2n) is 6.83. The number of carbonyl (C=O) groups excluding carboxylic acids is 1. The highest BCUT2D eigenvalue weighted by Gasteiger charge is 2.27. The highest BCUT2D eigenvalue weighted by Crippen LogP contribution is 2.25. The molecule has 0 saturated carbocycles. The van der Waals surface area contributed by atoms with Gasteiger partial charge in [0.15, 0.2) is 0 Å². The zero-order valence-electron chi connectivity index (χ0n) is 15.3. The molecule has 3 aromatic rings. The van der Waals surface area contributed by atoms with E-state index in [2.05, 4.69) is 25.1 Å². The average Bonchev–Trinajstić information content (AvgIpc) is 3.29. The molecule has 4 rings (SSSR count). The van der Waals surface area contributed by atoms with Crippen molar-refractivity contribution < 1.29 is 9.32 Å². The van der Waals surface area contributed by atoms with E-state index in [-0.39, 0.29) is 5.91 Å². The van der Waals surface area contributed by atoms with Gasteiger partial charge in [-0.2, -0.15) is 0 Å². The summed E-state index contributed by atoms with van der Waals surface area (Å²) in [5.74, 6) is 1.10. The van der Waals surface area contributed by atoms with Crippen molar-refractivity contribution in [1.82, 2.24) is 30.0 Å². The first-order valence-electron chi connectivity index (χ1n) is 8.90. The highest BCUT2D eigenvalue weighted by atomic mass is 16.5. The lowest BCUT2D eigenvalue weighted by Gasteiger charge is -2.16. The number of carbonyl (C=O) groups is 1. The van der Waals surface area contributed by atoms with Crippen LogP contribution in [-0.4, -0.2) is 49.0 Å². The van der Waals surface area contributed by atoms with Crippen LogP contribution in [0.15, 0.2) is 35.6 Å². The largest absolute Gasteiger partial charge is 0.361 e. The summed E-state index contributed by atoms with van der Waals surface area (Å²) >= 11 is 0. The van der Waals surface area contributed by atoms with Gasteiger partial charge in [-0.15, -0.1) is 0 Å². The third-order valence-corrected chi connectivity index (χ3v) is 4.87. The monoisotopic (exact) mass is 364 g/mol. The first-order chi connectivity index (χ1) is 13.1. The molecule has 138 valence electrons. The molecule has 0 unspecified atom stereocenters. The van der Waals surface area contributed by atoms with Gasteiger partial charge in [-0.25, -0.2) is 9.97 Å². The summed E-state index contributed by atoms with van der Waals surface area (Å²) in [6.07, 6.45) is 9.85. The third-order valence-electron chi connectivity index (χ3n) is 4.87. The Morgan fingerprint density at radius 3 is 2.67 bits per heavy atom. The second kappa shape index (κ2) is 7.22. The normalized spacial score (nSPS) is 16.7. The number of likely N-dealkylation sites (tertiary alicyclic amines) is 1. The van der Waals surface area contributed by atoms with E-state index in [0.717, 1.165) is 47.8 Å². The Bertz CT molecular complexity index is 919. The molecule has 0 spiro atoms. The molecule has 0 N–H and O–H groups in total. The Balaban J connectivity index is 1.40. The van der Waals surface area contributed by atoms with Crippen LogP contribution < -0.4 is 0 Å². The zero-order valence-corrected chi connectivity index (χ0v) is 15.3. The van der Waals surface area contributed by atoms with Crippen LogP contribution in [0.3, 0.4) is 0 Å². The van der Waals surface area contributed by atoms with E-state index in [0.29, 0.717) is 18.0 Å². The van der Waals surface area contributed by atoms with E-state index in [1.165, 1.54) is 6.33 Å². The molecule has 27 heavy (non-hydrogen) atoms. The number of amides is 1. The van der Waals surface area contributed by atoms with E-state index < -0.39 is 0 Å². The van der Waals surface area contributed by atoms with Crippen molar-refractivity contribution in [3.05, 3.63) is 53.8 Å². The first kappa shape index (κ1) is 17.3. The van der Waals surface area contributed by atoms with Gasteiger partial charge in [-0.3, -0.25) is 14.8 Å². The Morgan fingerprint density at radius 1 is 1.19 bits per heavy atom. The van der Waals surface area contributed by atoms with Crippen molar-refractivity contribution in [2.45, 2.75) is 26.7 Å². The molecule has 0 bridgehead atoms. The number of aromatic nitrogens is 5. The van der Waals surface area contributed by atoms with E-state index in [1.807, 2.05) is 18.7 Å². The first-order valence-corrected chi connectivity index (χ1v) is 8.90. The lowest BCUT2D eigenvalue weighted by Crippen LogP contribution is -2.29. The molecule has 8 heteroatoms. The summed E-state index contributed by atoms with van der Waals surface area (Å²) in [5, 5.41) is 3.96. The number of hydrogen-bond donors (Lipinski definition) is 0. The molecule has 1 aliphatic rings. The lowest BCUT2D eigenvalue weighted by molar-refractivity contribution is 0.0786. The Morgan fingerprint density at radius 2 is 2.00 bits per heavy atom. The minimum atomic E-state index is -0.0158. The van der Waals surface area contributed by atoms with Gasteiger partial charge in [0.2, 0.25) is 0 Å². The minimum absolute atomic E-state index is 0.0158. The van der Waals surface area contributed by atoms with Gasteiger partial charge < -0.3 is 9.42 Å². The summed E-state index contributed by atoms with van der Waals surface area (Å²) in [5.41, 5.74) is 3.93. The SMILES string of the molecule is Cc1noc(C)c1-c1cnc(C[C@H]2CCN(C(=O)c3cncnc3)C2)cn1. The average molecular weight is 364 g/mol. The second-order valence-corrected chi connectivity index (χ2v) is 6.83. The molecule has 0 radical (unpaired) electrons. The standard InChI is InChI=1S/C19H20N6O2/c1-12-18(13(2)27-24-12)17-9-22-16(8-23-17)5-14-3-4-25(10-14)19(26)15-6-20-11-21-7-15/h6-9,11,14H,3-5,10H2,1-2H3/t14-/m1/s1.